The van der Waals surface area contributed by atoms with Crippen molar-refractivity contribution in [2.75, 3.05) is 58.6 Å². The highest BCUT2D eigenvalue weighted by molar-refractivity contribution is 8.00. The molecule has 5 heteroatoms. The van der Waals surface area contributed by atoms with E-state index in [2.05, 4.69) is 27.7 Å². The molecule has 0 saturated heterocycles. The van der Waals surface area contributed by atoms with Crippen molar-refractivity contribution in [3.63, 3.8) is 0 Å². The number of hydrogen-bond acceptors (Lipinski definition) is 5. The van der Waals surface area contributed by atoms with Crippen molar-refractivity contribution < 1.29 is 18.9 Å². The molecule has 0 aliphatic rings. The van der Waals surface area contributed by atoms with Crippen molar-refractivity contribution in [1.82, 2.24) is 0 Å². The van der Waals surface area contributed by atoms with E-state index in [1.165, 1.54) is 0 Å². The molecule has 0 atom stereocenters. The van der Waals surface area contributed by atoms with Crippen LogP contribution < -0.4 is 0 Å². The van der Waals surface area contributed by atoms with Crippen LogP contribution >= 0.6 is 11.8 Å². The molecule has 0 saturated carbocycles. The molecule has 0 aromatic carbocycles. The van der Waals surface area contributed by atoms with Crippen LogP contribution in [0.25, 0.3) is 0 Å². The summed E-state index contributed by atoms with van der Waals surface area (Å²) in [5, 5.41) is 0. The minimum atomic E-state index is 0.318. The third-order valence-corrected chi connectivity index (χ3v) is 3.46. The Balaban J connectivity index is 2.99. The average molecular weight is 308 g/mol. The molecule has 20 heavy (non-hydrogen) atoms. The van der Waals surface area contributed by atoms with Crippen molar-refractivity contribution in [2.24, 2.45) is 0 Å². The van der Waals surface area contributed by atoms with E-state index in [0.29, 0.717) is 44.4 Å². The van der Waals surface area contributed by atoms with Gasteiger partial charge in [-0.2, -0.15) is 11.8 Å². The Morgan fingerprint density at radius 1 is 0.650 bits per heavy atom. The Hall–Kier alpha value is 0.190. The molecular weight excluding hydrogens is 276 g/mol. The molecule has 0 N–H and O–H groups in total. The van der Waals surface area contributed by atoms with E-state index in [1.807, 2.05) is 11.8 Å². The average Bonchev–Trinajstić information content (AvgIpc) is 2.38. The van der Waals surface area contributed by atoms with Crippen molar-refractivity contribution in [3.05, 3.63) is 0 Å². The Morgan fingerprint density at radius 2 is 1.05 bits per heavy atom. The first-order chi connectivity index (χ1) is 9.56. The summed E-state index contributed by atoms with van der Waals surface area (Å²) >= 11 is 1.92. The van der Waals surface area contributed by atoms with E-state index in [1.54, 1.807) is 0 Å². The first kappa shape index (κ1) is 20.2. The fourth-order valence-electron chi connectivity index (χ4n) is 1.31. The van der Waals surface area contributed by atoms with Crippen LogP contribution in [-0.4, -0.2) is 63.4 Å². The molecule has 122 valence electrons. The number of rotatable bonds is 14. The molecule has 0 aromatic rings. The van der Waals surface area contributed by atoms with Gasteiger partial charge < -0.3 is 18.9 Å². The highest BCUT2D eigenvalue weighted by Crippen LogP contribution is 2.22. The van der Waals surface area contributed by atoms with Gasteiger partial charge >= 0.3 is 0 Å². The monoisotopic (exact) mass is 308 g/mol. The second-order valence-corrected chi connectivity index (χ2v) is 7.33. The summed E-state index contributed by atoms with van der Waals surface area (Å²) in [6.45, 7) is 14.2. The van der Waals surface area contributed by atoms with Crippen molar-refractivity contribution in [3.8, 4) is 0 Å². The fraction of sp³-hybridized carbons (Fsp3) is 1.00. The lowest BCUT2D eigenvalue weighted by molar-refractivity contribution is -0.000144. The molecule has 0 bridgehead atoms. The molecule has 0 aromatic heterocycles. The van der Waals surface area contributed by atoms with E-state index in [4.69, 9.17) is 18.9 Å². The van der Waals surface area contributed by atoms with Crippen molar-refractivity contribution in [1.29, 1.82) is 0 Å². The number of ether oxygens (including phenoxy) is 4. The Kier molecular flexibility index (Phi) is 14.3. The molecule has 0 fully saturated rings. The summed E-state index contributed by atoms with van der Waals surface area (Å²) in [7, 11) is 0. The molecule has 0 aliphatic heterocycles. The summed E-state index contributed by atoms with van der Waals surface area (Å²) in [4.78, 5) is 0. The quantitative estimate of drug-likeness (QED) is 0.461. The van der Waals surface area contributed by atoms with Crippen LogP contribution in [0, 0.1) is 0 Å². The van der Waals surface area contributed by atoms with Crippen LogP contribution in [0.3, 0.4) is 0 Å². The highest BCUT2D eigenvalue weighted by atomic mass is 32.2. The van der Waals surface area contributed by atoms with Gasteiger partial charge in [0.05, 0.1) is 46.2 Å². The lowest BCUT2D eigenvalue weighted by Crippen LogP contribution is -2.14. The SMILES string of the molecule is CCCOCCOCCOCCOCCSC(C)(C)C. The van der Waals surface area contributed by atoms with Gasteiger partial charge in [0.25, 0.3) is 0 Å². The second kappa shape index (κ2) is 14.1. The molecule has 0 amide bonds. The van der Waals surface area contributed by atoms with Crippen LogP contribution in [0.15, 0.2) is 0 Å². The summed E-state index contributed by atoms with van der Waals surface area (Å²) in [5.74, 6) is 1.03. The van der Waals surface area contributed by atoms with Crippen LogP contribution in [-0.2, 0) is 18.9 Å². The fourth-order valence-corrected chi connectivity index (χ4v) is 2.13. The predicted molar refractivity (Wildman–Crippen MR) is 85.8 cm³/mol. The molecule has 0 radical (unpaired) electrons. The first-order valence-electron chi connectivity index (χ1n) is 7.51. The lowest BCUT2D eigenvalue weighted by atomic mass is 10.3. The minimum absolute atomic E-state index is 0.318. The number of thioether (sulfide) groups is 1. The van der Waals surface area contributed by atoms with E-state index in [-0.39, 0.29) is 0 Å². The molecule has 0 spiro atoms. The third kappa shape index (κ3) is 18.2. The normalized spacial score (nSPS) is 12.0. The van der Waals surface area contributed by atoms with Gasteiger partial charge in [-0.25, -0.2) is 0 Å². The predicted octanol–water partition coefficient (Wildman–Crippen LogP) is 2.99. The number of hydrogen-bond donors (Lipinski definition) is 0. The maximum atomic E-state index is 5.49. The van der Waals surface area contributed by atoms with Crippen molar-refractivity contribution in [2.45, 2.75) is 38.9 Å². The minimum Gasteiger partial charge on any atom is -0.379 e. The molecular formula is C15H32O4S. The molecule has 0 rings (SSSR count). The standard InChI is InChI=1S/C15H32O4S/c1-5-6-16-7-8-17-9-10-18-11-12-19-13-14-20-15(2,3)4/h5-14H2,1-4H3. The largest absolute Gasteiger partial charge is 0.379 e. The zero-order valence-corrected chi connectivity index (χ0v) is 14.4. The van der Waals surface area contributed by atoms with Gasteiger partial charge in [0.2, 0.25) is 0 Å². The summed E-state index contributed by atoms with van der Waals surface area (Å²) in [5.41, 5.74) is 0. The van der Waals surface area contributed by atoms with Crippen LogP contribution in [0.4, 0.5) is 0 Å². The molecule has 4 nitrogen and oxygen atoms in total. The van der Waals surface area contributed by atoms with Crippen LogP contribution in [0.2, 0.25) is 0 Å². The Morgan fingerprint density at radius 3 is 1.45 bits per heavy atom. The summed E-state index contributed by atoms with van der Waals surface area (Å²) < 4.78 is 21.9. The molecule has 0 aliphatic carbocycles. The third-order valence-electron chi connectivity index (χ3n) is 2.23. The molecule has 0 heterocycles. The van der Waals surface area contributed by atoms with E-state index >= 15 is 0 Å². The van der Waals surface area contributed by atoms with Gasteiger partial charge in [-0.15, -0.1) is 0 Å². The molecule has 0 unspecified atom stereocenters. The second-order valence-electron chi connectivity index (χ2n) is 5.41. The smallest absolute Gasteiger partial charge is 0.0701 e. The van der Waals surface area contributed by atoms with Gasteiger partial charge in [-0.3, -0.25) is 0 Å². The van der Waals surface area contributed by atoms with Gasteiger partial charge in [0.15, 0.2) is 0 Å². The van der Waals surface area contributed by atoms with E-state index < -0.39 is 0 Å². The van der Waals surface area contributed by atoms with Gasteiger partial charge in [0, 0.05) is 17.1 Å². The maximum absolute atomic E-state index is 5.49. The van der Waals surface area contributed by atoms with E-state index in [0.717, 1.165) is 25.4 Å². The Labute approximate surface area is 128 Å². The van der Waals surface area contributed by atoms with Gasteiger partial charge in [-0.1, -0.05) is 27.7 Å². The van der Waals surface area contributed by atoms with Crippen molar-refractivity contribution >= 4 is 11.8 Å². The van der Waals surface area contributed by atoms with Gasteiger partial charge in [-0.05, 0) is 6.42 Å². The van der Waals surface area contributed by atoms with Crippen LogP contribution in [0.1, 0.15) is 34.1 Å². The maximum Gasteiger partial charge on any atom is 0.0701 e. The van der Waals surface area contributed by atoms with E-state index in [9.17, 15) is 0 Å². The lowest BCUT2D eigenvalue weighted by Gasteiger charge is -2.17. The van der Waals surface area contributed by atoms with Gasteiger partial charge in [0.1, 0.15) is 0 Å². The zero-order valence-electron chi connectivity index (χ0n) is 13.6. The summed E-state index contributed by atoms with van der Waals surface area (Å²) in [6, 6.07) is 0. The summed E-state index contributed by atoms with van der Waals surface area (Å²) in [6.07, 6.45) is 1.05. The topological polar surface area (TPSA) is 36.9 Å². The highest BCUT2D eigenvalue weighted by Gasteiger charge is 2.09. The van der Waals surface area contributed by atoms with Crippen LogP contribution in [0.5, 0.6) is 0 Å². The first-order valence-corrected chi connectivity index (χ1v) is 8.49. The Bertz CT molecular complexity index is 195. The zero-order chi connectivity index (χ0) is 15.1.